The Hall–Kier alpha value is -0.260. The molecule has 0 amide bonds. The molecule has 0 N–H and O–H groups in total. The molecule has 0 radical (unpaired) electrons. The molecule has 0 bridgehead atoms. The average molecular weight is 289 g/mol. The van der Waals surface area contributed by atoms with Gasteiger partial charge in [-0.25, -0.2) is 0 Å². The van der Waals surface area contributed by atoms with E-state index in [0.29, 0.717) is 5.41 Å². The number of allylic oxidation sites excluding steroid dienone is 1. The van der Waals surface area contributed by atoms with Gasteiger partial charge in [-0.15, -0.1) is 6.58 Å². The SMILES string of the molecule is C=CCCC1CC(C(C)(C)C2CCCC2)C2CCCCC12. The maximum absolute atomic E-state index is 3.96. The van der Waals surface area contributed by atoms with Crippen LogP contribution >= 0.6 is 0 Å². The molecule has 3 rings (SSSR count). The second-order valence-electron chi connectivity index (χ2n) is 8.88. The molecule has 3 fully saturated rings. The van der Waals surface area contributed by atoms with Crippen LogP contribution in [-0.4, -0.2) is 0 Å². The van der Waals surface area contributed by atoms with E-state index in [1.54, 1.807) is 0 Å². The summed E-state index contributed by atoms with van der Waals surface area (Å²) < 4.78 is 0. The first kappa shape index (κ1) is 15.6. The molecule has 3 aliphatic carbocycles. The van der Waals surface area contributed by atoms with Gasteiger partial charge in [-0.2, -0.15) is 0 Å². The Morgan fingerprint density at radius 2 is 1.57 bits per heavy atom. The molecule has 4 atom stereocenters. The molecule has 0 heterocycles. The van der Waals surface area contributed by atoms with Crippen LogP contribution in [0.1, 0.15) is 84.5 Å². The van der Waals surface area contributed by atoms with Gasteiger partial charge >= 0.3 is 0 Å². The highest BCUT2D eigenvalue weighted by atomic mass is 14.6. The van der Waals surface area contributed by atoms with Crippen LogP contribution in [0, 0.1) is 35.0 Å². The van der Waals surface area contributed by atoms with E-state index in [1.807, 2.05) is 0 Å². The molecular formula is C21H36. The summed E-state index contributed by atoms with van der Waals surface area (Å²) in [6, 6.07) is 0. The molecule has 21 heavy (non-hydrogen) atoms. The molecule has 3 aliphatic rings. The van der Waals surface area contributed by atoms with Crippen molar-refractivity contribution in [2.45, 2.75) is 84.5 Å². The zero-order valence-corrected chi connectivity index (χ0v) is 14.4. The summed E-state index contributed by atoms with van der Waals surface area (Å²) in [5.41, 5.74) is 0.597. The lowest BCUT2D eigenvalue weighted by Crippen LogP contribution is -2.35. The summed E-state index contributed by atoms with van der Waals surface area (Å²) in [7, 11) is 0. The van der Waals surface area contributed by atoms with E-state index in [-0.39, 0.29) is 0 Å². The van der Waals surface area contributed by atoms with Crippen molar-refractivity contribution in [3.8, 4) is 0 Å². The van der Waals surface area contributed by atoms with Crippen molar-refractivity contribution in [3.63, 3.8) is 0 Å². The zero-order valence-electron chi connectivity index (χ0n) is 14.4. The third-order valence-corrected chi connectivity index (χ3v) is 7.66. The summed E-state index contributed by atoms with van der Waals surface area (Å²) in [5.74, 6) is 5.16. The smallest absolute Gasteiger partial charge is 0.0295 e. The zero-order chi connectivity index (χ0) is 14.9. The molecule has 0 saturated heterocycles. The lowest BCUT2D eigenvalue weighted by molar-refractivity contribution is 0.0623. The summed E-state index contributed by atoms with van der Waals surface area (Å²) in [5, 5.41) is 0. The molecule has 0 aromatic carbocycles. The van der Waals surface area contributed by atoms with Gasteiger partial charge in [0.15, 0.2) is 0 Å². The highest BCUT2D eigenvalue weighted by Crippen LogP contribution is 2.59. The Labute approximate surface area is 132 Å². The van der Waals surface area contributed by atoms with Crippen LogP contribution in [-0.2, 0) is 0 Å². The first-order valence-electron chi connectivity index (χ1n) is 9.75. The van der Waals surface area contributed by atoms with E-state index in [9.17, 15) is 0 Å². The Bertz CT molecular complexity index is 347. The predicted octanol–water partition coefficient (Wildman–Crippen LogP) is 6.61. The van der Waals surface area contributed by atoms with Crippen LogP contribution < -0.4 is 0 Å². The molecule has 0 heteroatoms. The van der Waals surface area contributed by atoms with Crippen molar-refractivity contribution < 1.29 is 0 Å². The van der Waals surface area contributed by atoms with E-state index in [4.69, 9.17) is 0 Å². The highest BCUT2D eigenvalue weighted by molar-refractivity contribution is 5.00. The molecule has 0 aromatic rings. The lowest BCUT2D eigenvalue weighted by Gasteiger charge is -2.43. The fourth-order valence-corrected chi connectivity index (χ4v) is 6.44. The van der Waals surface area contributed by atoms with Gasteiger partial charge in [0.25, 0.3) is 0 Å². The average Bonchev–Trinajstić information content (AvgIpc) is 3.14. The van der Waals surface area contributed by atoms with Gasteiger partial charge in [-0.05, 0) is 80.0 Å². The largest absolute Gasteiger partial charge is 0.103 e. The Morgan fingerprint density at radius 1 is 0.952 bits per heavy atom. The van der Waals surface area contributed by atoms with E-state index in [0.717, 1.165) is 29.6 Å². The molecule has 120 valence electrons. The highest BCUT2D eigenvalue weighted by Gasteiger charge is 2.51. The number of rotatable bonds is 5. The molecule has 3 saturated carbocycles. The van der Waals surface area contributed by atoms with Gasteiger partial charge in [0.2, 0.25) is 0 Å². The normalized spacial score (nSPS) is 37.6. The summed E-state index contributed by atoms with van der Waals surface area (Å²) in [6.07, 6.45) is 18.4. The molecule has 0 aliphatic heterocycles. The first-order valence-corrected chi connectivity index (χ1v) is 9.75. The second-order valence-corrected chi connectivity index (χ2v) is 8.88. The molecule has 4 unspecified atom stereocenters. The van der Waals surface area contributed by atoms with E-state index in [2.05, 4.69) is 26.5 Å². The number of hydrogen-bond acceptors (Lipinski definition) is 0. The van der Waals surface area contributed by atoms with Crippen LogP contribution in [0.5, 0.6) is 0 Å². The minimum absolute atomic E-state index is 0.597. The summed E-state index contributed by atoms with van der Waals surface area (Å²) in [4.78, 5) is 0. The van der Waals surface area contributed by atoms with Crippen molar-refractivity contribution in [2.24, 2.45) is 35.0 Å². The van der Waals surface area contributed by atoms with Crippen molar-refractivity contribution in [2.75, 3.05) is 0 Å². The fraction of sp³-hybridized carbons (Fsp3) is 0.905. The minimum atomic E-state index is 0.597. The van der Waals surface area contributed by atoms with E-state index >= 15 is 0 Å². The molecule has 0 aromatic heterocycles. The number of hydrogen-bond donors (Lipinski definition) is 0. The van der Waals surface area contributed by atoms with Crippen molar-refractivity contribution in [1.82, 2.24) is 0 Å². The van der Waals surface area contributed by atoms with Crippen molar-refractivity contribution in [3.05, 3.63) is 12.7 Å². The third kappa shape index (κ3) is 2.97. The van der Waals surface area contributed by atoms with Crippen LogP contribution in [0.3, 0.4) is 0 Å². The van der Waals surface area contributed by atoms with Gasteiger partial charge in [-0.3, -0.25) is 0 Å². The topological polar surface area (TPSA) is 0 Å². The molecular weight excluding hydrogens is 252 g/mol. The second kappa shape index (κ2) is 6.47. The third-order valence-electron chi connectivity index (χ3n) is 7.66. The quantitative estimate of drug-likeness (QED) is 0.499. The maximum Gasteiger partial charge on any atom is -0.0295 e. The van der Waals surface area contributed by atoms with Crippen LogP contribution in [0.2, 0.25) is 0 Å². The van der Waals surface area contributed by atoms with Crippen LogP contribution in [0.15, 0.2) is 12.7 Å². The fourth-order valence-electron chi connectivity index (χ4n) is 6.44. The summed E-state index contributed by atoms with van der Waals surface area (Å²) >= 11 is 0. The molecule has 0 nitrogen and oxygen atoms in total. The van der Waals surface area contributed by atoms with Gasteiger partial charge in [0, 0.05) is 0 Å². The standard InChI is InChI=1S/C21H36/c1-4-5-10-16-15-20(19-14-9-8-13-18(16)19)21(2,3)17-11-6-7-12-17/h4,16-20H,1,5-15H2,2-3H3. The lowest BCUT2D eigenvalue weighted by atomic mass is 9.62. The minimum Gasteiger partial charge on any atom is -0.103 e. The Kier molecular flexibility index (Phi) is 4.81. The summed E-state index contributed by atoms with van der Waals surface area (Å²) in [6.45, 7) is 9.22. The first-order chi connectivity index (χ1) is 10.1. The maximum atomic E-state index is 3.96. The van der Waals surface area contributed by atoms with Gasteiger partial charge < -0.3 is 0 Å². The van der Waals surface area contributed by atoms with Gasteiger partial charge in [0.05, 0.1) is 0 Å². The van der Waals surface area contributed by atoms with Crippen LogP contribution in [0.25, 0.3) is 0 Å². The van der Waals surface area contributed by atoms with Gasteiger partial charge in [0.1, 0.15) is 0 Å². The van der Waals surface area contributed by atoms with Gasteiger partial charge in [-0.1, -0.05) is 45.6 Å². The molecule has 0 spiro atoms. The van der Waals surface area contributed by atoms with E-state index in [1.165, 1.54) is 70.6 Å². The van der Waals surface area contributed by atoms with Crippen molar-refractivity contribution >= 4 is 0 Å². The van der Waals surface area contributed by atoms with E-state index < -0.39 is 0 Å². The Morgan fingerprint density at radius 3 is 2.24 bits per heavy atom. The predicted molar refractivity (Wildman–Crippen MR) is 92.2 cm³/mol. The van der Waals surface area contributed by atoms with Crippen LogP contribution in [0.4, 0.5) is 0 Å². The number of fused-ring (bicyclic) bond motifs is 1. The monoisotopic (exact) mass is 288 g/mol. The Balaban J connectivity index is 1.75. The van der Waals surface area contributed by atoms with Crippen molar-refractivity contribution in [1.29, 1.82) is 0 Å².